The summed E-state index contributed by atoms with van der Waals surface area (Å²) in [5.41, 5.74) is 0. The molecule has 0 radical (unpaired) electrons. The first-order chi connectivity index (χ1) is 7.81. The van der Waals surface area contributed by atoms with Crippen molar-refractivity contribution in [2.24, 2.45) is 0 Å². The van der Waals surface area contributed by atoms with E-state index in [2.05, 4.69) is 19.9 Å². The summed E-state index contributed by atoms with van der Waals surface area (Å²) in [5.74, 6) is 0.444. The van der Waals surface area contributed by atoms with Crippen LogP contribution in [0.1, 0.15) is 0 Å². The van der Waals surface area contributed by atoms with E-state index in [4.69, 9.17) is 16.3 Å². The zero-order valence-electron chi connectivity index (χ0n) is 8.29. The van der Waals surface area contributed by atoms with Gasteiger partial charge < -0.3 is 4.74 Å². The molecule has 0 amide bonds. The maximum Gasteiger partial charge on any atom is 0.188 e. The van der Waals surface area contributed by atoms with Crippen molar-refractivity contribution in [3.63, 3.8) is 0 Å². The normalized spacial score (nSPS) is 10.1. The van der Waals surface area contributed by atoms with Crippen LogP contribution in [-0.4, -0.2) is 27.0 Å². The molecule has 0 spiro atoms. The molecule has 82 valence electrons. The molecule has 0 aliphatic rings. The van der Waals surface area contributed by atoms with Gasteiger partial charge in [0.1, 0.15) is 16.4 Å². The Hall–Kier alpha value is -1.40. The number of hydrogen-bond donors (Lipinski definition) is 0. The molecular weight excluding hydrogens is 248 g/mol. The highest BCUT2D eigenvalue weighted by molar-refractivity contribution is 7.99. The Labute approximate surface area is 101 Å². The minimum Gasteiger partial charge on any atom is -0.491 e. The average Bonchev–Trinajstić information content (AvgIpc) is 2.31. The summed E-state index contributed by atoms with van der Waals surface area (Å²) in [7, 11) is 1.52. The fraction of sp³-hybridized carbons (Fsp3) is 0.111. The molecule has 0 aliphatic carbocycles. The quantitative estimate of drug-likeness (QED) is 0.782. The molecule has 2 rings (SSSR count). The van der Waals surface area contributed by atoms with E-state index in [1.807, 2.05) is 0 Å². The predicted molar refractivity (Wildman–Crippen MR) is 59.7 cm³/mol. The summed E-state index contributed by atoms with van der Waals surface area (Å²) < 4.78 is 5.12. The number of ether oxygens (including phenoxy) is 1. The van der Waals surface area contributed by atoms with Crippen molar-refractivity contribution in [2.45, 2.75) is 10.1 Å². The summed E-state index contributed by atoms with van der Waals surface area (Å²) in [6.45, 7) is 0. The molecule has 0 unspecified atom stereocenters. The largest absolute Gasteiger partial charge is 0.491 e. The van der Waals surface area contributed by atoms with E-state index in [0.717, 1.165) is 5.03 Å². The Morgan fingerprint density at radius 1 is 1.25 bits per heavy atom. The van der Waals surface area contributed by atoms with E-state index in [0.29, 0.717) is 10.8 Å². The molecule has 2 aromatic rings. The van der Waals surface area contributed by atoms with E-state index < -0.39 is 0 Å². The maximum atomic E-state index is 5.87. The zero-order chi connectivity index (χ0) is 11.4. The second kappa shape index (κ2) is 5.09. The summed E-state index contributed by atoms with van der Waals surface area (Å²) in [6.07, 6.45) is 6.23. The summed E-state index contributed by atoms with van der Waals surface area (Å²) in [5, 5.41) is 1.61. The molecule has 0 saturated heterocycles. The molecule has 7 heteroatoms. The monoisotopic (exact) mass is 254 g/mol. The van der Waals surface area contributed by atoms with Crippen molar-refractivity contribution in [2.75, 3.05) is 7.11 Å². The highest BCUT2D eigenvalue weighted by Crippen LogP contribution is 2.34. The first-order valence-corrected chi connectivity index (χ1v) is 5.49. The number of halogens is 1. The maximum absolute atomic E-state index is 5.87. The van der Waals surface area contributed by atoms with Gasteiger partial charge in [-0.3, -0.25) is 4.98 Å². The van der Waals surface area contributed by atoms with Gasteiger partial charge in [0.2, 0.25) is 0 Å². The molecule has 0 aliphatic heterocycles. The second-order valence-corrected chi connectivity index (χ2v) is 4.02. The molecule has 0 bridgehead atoms. The smallest absolute Gasteiger partial charge is 0.188 e. The van der Waals surface area contributed by atoms with Gasteiger partial charge in [-0.25, -0.2) is 15.0 Å². The first-order valence-electron chi connectivity index (χ1n) is 4.29. The van der Waals surface area contributed by atoms with Crippen LogP contribution in [0.3, 0.4) is 0 Å². The lowest BCUT2D eigenvalue weighted by molar-refractivity contribution is 0.398. The van der Waals surface area contributed by atoms with Crippen molar-refractivity contribution in [1.82, 2.24) is 19.9 Å². The van der Waals surface area contributed by atoms with Gasteiger partial charge in [-0.2, -0.15) is 0 Å². The number of hydrogen-bond acceptors (Lipinski definition) is 6. The van der Waals surface area contributed by atoms with Crippen LogP contribution in [0.25, 0.3) is 0 Å². The van der Waals surface area contributed by atoms with Crippen molar-refractivity contribution in [1.29, 1.82) is 0 Å². The third-order valence-corrected chi connectivity index (χ3v) is 2.85. The van der Waals surface area contributed by atoms with Crippen LogP contribution < -0.4 is 4.74 Å². The number of methoxy groups -OCH3 is 1. The van der Waals surface area contributed by atoms with E-state index >= 15 is 0 Å². The molecule has 5 nitrogen and oxygen atoms in total. The van der Waals surface area contributed by atoms with E-state index in [1.165, 1.54) is 25.2 Å². The number of aromatic nitrogens is 4. The molecule has 0 fully saturated rings. The highest BCUT2D eigenvalue weighted by Gasteiger charge is 2.12. The van der Waals surface area contributed by atoms with Crippen LogP contribution in [-0.2, 0) is 0 Å². The fourth-order valence-corrected chi connectivity index (χ4v) is 2.08. The zero-order valence-corrected chi connectivity index (χ0v) is 9.87. The van der Waals surface area contributed by atoms with Crippen molar-refractivity contribution in [3.8, 4) is 5.75 Å². The fourth-order valence-electron chi connectivity index (χ4n) is 1.02. The predicted octanol–water partition coefficient (Wildman–Crippen LogP) is 2.08. The molecule has 0 atom stereocenters. The van der Waals surface area contributed by atoms with Crippen LogP contribution in [0.15, 0.2) is 35.0 Å². The van der Waals surface area contributed by atoms with Crippen LogP contribution in [0, 0.1) is 0 Å². The van der Waals surface area contributed by atoms with Gasteiger partial charge in [0.25, 0.3) is 0 Å². The Kier molecular flexibility index (Phi) is 3.53. The van der Waals surface area contributed by atoms with Gasteiger partial charge >= 0.3 is 0 Å². The van der Waals surface area contributed by atoms with Crippen LogP contribution in [0.2, 0.25) is 5.15 Å². The number of rotatable bonds is 3. The Bertz CT molecular complexity index is 482. The topological polar surface area (TPSA) is 60.8 Å². The Balaban J connectivity index is 2.31. The van der Waals surface area contributed by atoms with Crippen molar-refractivity contribution < 1.29 is 4.74 Å². The van der Waals surface area contributed by atoms with Crippen molar-refractivity contribution in [3.05, 3.63) is 30.1 Å². The molecule has 0 N–H and O–H groups in total. The standard InChI is InChI=1S/C9H7ClN4OS/c1-15-7-8(10)13-5-14-9(7)16-6-4-11-2-3-12-6/h2-5H,1H3. The van der Waals surface area contributed by atoms with Gasteiger partial charge in [0, 0.05) is 12.4 Å². The second-order valence-electron chi connectivity index (χ2n) is 2.65. The lowest BCUT2D eigenvalue weighted by Gasteiger charge is -2.06. The number of nitrogens with zero attached hydrogens (tertiary/aromatic N) is 4. The van der Waals surface area contributed by atoms with E-state index in [9.17, 15) is 0 Å². The van der Waals surface area contributed by atoms with Gasteiger partial charge in [0.05, 0.1) is 13.3 Å². The minimum absolute atomic E-state index is 0.281. The molecule has 0 saturated carbocycles. The first kappa shape index (κ1) is 11.1. The summed E-state index contributed by atoms with van der Waals surface area (Å²) >= 11 is 7.19. The van der Waals surface area contributed by atoms with E-state index in [1.54, 1.807) is 18.6 Å². The molecule has 0 aromatic carbocycles. The molecule has 2 heterocycles. The van der Waals surface area contributed by atoms with Gasteiger partial charge in [0.15, 0.2) is 10.9 Å². The molecule has 16 heavy (non-hydrogen) atoms. The van der Waals surface area contributed by atoms with Crippen LogP contribution in [0.4, 0.5) is 0 Å². The van der Waals surface area contributed by atoms with Gasteiger partial charge in [-0.05, 0) is 11.8 Å². The highest BCUT2D eigenvalue weighted by atomic mass is 35.5. The third kappa shape index (κ3) is 2.40. The lowest BCUT2D eigenvalue weighted by atomic mass is 10.6. The van der Waals surface area contributed by atoms with Crippen molar-refractivity contribution >= 4 is 23.4 Å². The van der Waals surface area contributed by atoms with Gasteiger partial charge in [-0.1, -0.05) is 11.6 Å². The lowest BCUT2D eigenvalue weighted by Crippen LogP contribution is -1.93. The van der Waals surface area contributed by atoms with Crippen LogP contribution in [0.5, 0.6) is 5.75 Å². The SMILES string of the molecule is COc1c(Cl)ncnc1Sc1cnccn1. The molecule has 2 aromatic heterocycles. The Morgan fingerprint density at radius 3 is 2.81 bits per heavy atom. The van der Waals surface area contributed by atoms with Gasteiger partial charge in [-0.15, -0.1) is 0 Å². The Morgan fingerprint density at radius 2 is 2.12 bits per heavy atom. The third-order valence-electron chi connectivity index (χ3n) is 1.67. The van der Waals surface area contributed by atoms with E-state index in [-0.39, 0.29) is 5.15 Å². The summed E-state index contributed by atoms with van der Waals surface area (Å²) in [4.78, 5) is 16.0. The average molecular weight is 255 g/mol. The summed E-state index contributed by atoms with van der Waals surface area (Å²) in [6, 6.07) is 0. The molecular formula is C9H7ClN4OS. The van der Waals surface area contributed by atoms with Crippen LogP contribution >= 0.6 is 23.4 Å². The minimum atomic E-state index is 0.281.